The van der Waals surface area contributed by atoms with E-state index in [2.05, 4.69) is 9.05 Å². The van der Waals surface area contributed by atoms with Gasteiger partial charge in [-0.05, 0) is 26.7 Å². The van der Waals surface area contributed by atoms with Gasteiger partial charge < -0.3 is 15.1 Å². The van der Waals surface area contributed by atoms with Gasteiger partial charge in [-0.2, -0.15) is 0 Å². The summed E-state index contributed by atoms with van der Waals surface area (Å²) in [6, 6.07) is 0. The predicted octanol–water partition coefficient (Wildman–Crippen LogP) is 1.96. The number of rotatable bonds is 10. The molecule has 0 aliphatic heterocycles. The second-order valence-electron chi connectivity index (χ2n) is 4.10. The Balaban J connectivity index is 4.03. The van der Waals surface area contributed by atoms with Crippen LogP contribution < -0.4 is 0 Å². The van der Waals surface area contributed by atoms with Crippen molar-refractivity contribution in [1.82, 2.24) is 0 Å². The Bertz CT molecular complexity index is 440. The summed E-state index contributed by atoms with van der Waals surface area (Å²) in [4.78, 5) is 30.3. The molecule has 0 atom stereocenters. The molecule has 0 saturated heterocycles. The van der Waals surface area contributed by atoms with Crippen LogP contribution in [0, 0.1) is 0 Å². The smallest absolute Gasteiger partial charge is 0.472 e. The van der Waals surface area contributed by atoms with Crippen molar-refractivity contribution >= 4 is 19.8 Å². The lowest BCUT2D eigenvalue weighted by atomic mass is 10.2. The third kappa shape index (κ3) is 9.97. The highest BCUT2D eigenvalue weighted by molar-refractivity contribution is 7.47. The molecule has 9 heteroatoms. The maximum atomic E-state index is 11.4. The van der Waals surface area contributed by atoms with Crippen molar-refractivity contribution in [2.45, 2.75) is 26.7 Å². The zero-order chi connectivity index (χ0) is 16.5. The molecule has 3 N–H and O–H groups in total. The van der Waals surface area contributed by atoms with Crippen LogP contribution in [0.25, 0.3) is 0 Å². The second kappa shape index (κ2) is 9.46. The lowest BCUT2D eigenvalue weighted by Crippen LogP contribution is -2.00. The molecule has 0 unspecified atom stereocenters. The SMILES string of the molecule is CC(=CCCOP(=O)(O)OCCC=C(C)C(=O)O)C(=O)O. The lowest BCUT2D eigenvalue weighted by molar-refractivity contribution is -0.133. The summed E-state index contributed by atoms with van der Waals surface area (Å²) in [7, 11) is -4.21. The summed E-state index contributed by atoms with van der Waals surface area (Å²) in [6.45, 7) is 2.47. The highest BCUT2D eigenvalue weighted by Gasteiger charge is 2.19. The van der Waals surface area contributed by atoms with E-state index in [0.29, 0.717) is 0 Å². The minimum Gasteiger partial charge on any atom is -0.478 e. The molecule has 21 heavy (non-hydrogen) atoms. The first kappa shape index (κ1) is 19.5. The lowest BCUT2D eigenvalue weighted by Gasteiger charge is -2.10. The highest BCUT2D eigenvalue weighted by atomic mass is 31.2. The largest absolute Gasteiger partial charge is 0.478 e. The van der Waals surface area contributed by atoms with E-state index in [0.717, 1.165) is 0 Å². The first-order chi connectivity index (χ1) is 9.65. The van der Waals surface area contributed by atoms with Crippen molar-refractivity contribution < 1.29 is 38.3 Å². The van der Waals surface area contributed by atoms with E-state index >= 15 is 0 Å². The summed E-state index contributed by atoms with van der Waals surface area (Å²) < 4.78 is 20.7. The van der Waals surface area contributed by atoms with Gasteiger partial charge in [0, 0.05) is 11.1 Å². The fraction of sp³-hybridized carbons (Fsp3) is 0.500. The number of hydrogen-bond acceptors (Lipinski definition) is 5. The zero-order valence-corrected chi connectivity index (χ0v) is 12.7. The van der Waals surface area contributed by atoms with Crippen molar-refractivity contribution in [3.05, 3.63) is 23.3 Å². The van der Waals surface area contributed by atoms with Crippen LogP contribution in [-0.4, -0.2) is 40.3 Å². The molecule has 0 aromatic heterocycles. The van der Waals surface area contributed by atoms with Crippen LogP contribution >= 0.6 is 7.82 Å². The molecular weight excluding hydrogens is 303 g/mol. The zero-order valence-electron chi connectivity index (χ0n) is 11.8. The fourth-order valence-electron chi connectivity index (χ4n) is 1.10. The standard InChI is InChI=1S/C12H19O8P/c1-9(11(13)14)5-3-7-19-21(17,18)20-8-4-6-10(2)12(15)16/h5-6H,3-4,7-8H2,1-2H3,(H,13,14)(H,15,16)(H,17,18). The minimum atomic E-state index is -4.21. The highest BCUT2D eigenvalue weighted by Crippen LogP contribution is 2.43. The van der Waals surface area contributed by atoms with Gasteiger partial charge in [-0.3, -0.25) is 9.05 Å². The topological polar surface area (TPSA) is 130 Å². The van der Waals surface area contributed by atoms with Crippen LogP contribution in [0.2, 0.25) is 0 Å². The number of carbonyl (C=O) groups is 2. The average molecular weight is 322 g/mol. The Morgan fingerprint density at radius 1 is 0.952 bits per heavy atom. The summed E-state index contributed by atoms with van der Waals surface area (Å²) in [5.41, 5.74) is 0.225. The monoisotopic (exact) mass is 322 g/mol. The molecule has 0 amide bonds. The number of carboxylic acids is 2. The quantitative estimate of drug-likeness (QED) is 0.316. The van der Waals surface area contributed by atoms with Crippen LogP contribution in [-0.2, 0) is 23.2 Å². The number of phosphoric ester groups is 1. The van der Waals surface area contributed by atoms with Gasteiger partial charge in [0.25, 0.3) is 0 Å². The van der Waals surface area contributed by atoms with E-state index in [1.165, 1.54) is 26.0 Å². The molecule has 0 aromatic rings. The van der Waals surface area contributed by atoms with E-state index in [1.54, 1.807) is 0 Å². The van der Waals surface area contributed by atoms with E-state index in [1.807, 2.05) is 0 Å². The van der Waals surface area contributed by atoms with Crippen molar-refractivity contribution in [1.29, 1.82) is 0 Å². The Hall–Kier alpha value is -1.47. The van der Waals surface area contributed by atoms with Crippen LogP contribution in [0.5, 0.6) is 0 Å². The number of carboxylic acid groups (broad SMARTS) is 2. The molecular formula is C12H19O8P. The fourth-order valence-corrected chi connectivity index (χ4v) is 1.85. The maximum Gasteiger partial charge on any atom is 0.472 e. The third-order valence-corrected chi connectivity index (χ3v) is 3.34. The number of hydrogen-bond donors (Lipinski definition) is 3. The van der Waals surface area contributed by atoms with Gasteiger partial charge in [-0.15, -0.1) is 0 Å². The van der Waals surface area contributed by atoms with E-state index in [-0.39, 0.29) is 37.2 Å². The molecule has 0 fully saturated rings. The summed E-state index contributed by atoms with van der Waals surface area (Å²) >= 11 is 0. The molecule has 8 nitrogen and oxygen atoms in total. The maximum absolute atomic E-state index is 11.4. The van der Waals surface area contributed by atoms with Crippen LogP contribution in [0.4, 0.5) is 0 Å². The summed E-state index contributed by atoms with van der Waals surface area (Å²) in [5, 5.41) is 17.2. The Morgan fingerprint density at radius 3 is 1.57 bits per heavy atom. The van der Waals surface area contributed by atoms with E-state index < -0.39 is 19.8 Å². The van der Waals surface area contributed by atoms with Gasteiger partial charge in [0.15, 0.2) is 0 Å². The first-order valence-corrected chi connectivity index (χ1v) is 7.57. The normalized spacial score (nSPS) is 15.6. The van der Waals surface area contributed by atoms with Gasteiger partial charge in [0.1, 0.15) is 0 Å². The van der Waals surface area contributed by atoms with E-state index in [4.69, 9.17) is 10.2 Å². The molecule has 0 aliphatic carbocycles. The van der Waals surface area contributed by atoms with E-state index in [9.17, 15) is 19.0 Å². The number of phosphoric acid groups is 1. The van der Waals surface area contributed by atoms with Crippen LogP contribution in [0.15, 0.2) is 23.3 Å². The van der Waals surface area contributed by atoms with Crippen molar-refractivity contribution in [2.75, 3.05) is 13.2 Å². The van der Waals surface area contributed by atoms with Crippen molar-refractivity contribution in [3.63, 3.8) is 0 Å². The molecule has 0 radical (unpaired) electrons. The Morgan fingerprint density at radius 2 is 1.29 bits per heavy atom. The Labute approximate surface area is 122 Å². The molecule has 120 valence electrons. The van der Waals surface area contributed by atoms with Crippen LogP contribution in [0.3, 0.4) is 0 Å². The van der Waals surface area contributed by atoms with Gasteiger partial charge in [-0.1, -0.05) is 12.2 Å². The molecule has 0 bridgehead atoms. The number of aliphatic carboxylic acids is 2. The first-order valence-electron chi connectivity index (χ1n) is 6.07. The molecule has 0 aromatic carbocycles. The van der Waals surface area contributed by atoms with Gasteiger partial charge in [0.2, 0.25) is 0 Å². The van der Waals surface area contributed by atoms with Crippen molar-refractivity contribution in [2.24, 2.45) is 0 Å². The summed E-state index contributed by atoms with van der Waals surface area (Å²) in [6.07, 6.45) is 3.04. The molecule has 0 aliphatic rings. The molecule has 0 heterocycles. The minimum absolute atomic E-state index is 0.113. The predicted molar refractivity (Wildman–Crippen MR) is 73.7 cm³/mol. The van der Waals surface area contributed by atoms with Gasteiger partial charge >= 0.3 is 19.8 Å². The van der Waals surface area contributed by atoms with Gasteiger partial charge in [-0.25, -0.2) is 14.2 Å². The third-order valence-electron chi connectivity index (χ3n) is 2.32. The average Bonchev–Trinajstić information content (AvgIpc) is 2.38. The second-order valence-corrected chi connectivity index (χ2v) is 5.55. The molecule has 0 rings (SSSR count). The summed E-state index contributed by atoms with van der Waals surface area (Å²) in [5.74, 6) is -2.14. The van der Waals surface area contributed by atoms with Crippen molar-refractivity contribution in [3.8, 4) is 0 Å². The molecule has 0 spiro atoms. The van der Waals surface area contributed by atoms with Crippen LogP contribution in [0.1, 0.15) is 26.7 Å². The Kier molecular flexibility index (Phi) is 8.80. The van der Waals surface area contributed by atoms with Gasteiger partial charge in [0.05, 0.1) is 13.2 Å². The molecule has 0 saturated carbocycles.